The molecule has 2 aromatic heterocycles. The number of hydrogen-bond acceptors (Lipinski definition) is 3. The Labute approximate surface area is 132 Å². The molecule has 0 radical (unpaired) electrons. The number of hydrogen-bond donors (Lipinski definition) is 1. The number of carbonyl (C=O) groups excluding carboxylic acids is 1. The van der Waals surface area contributed by atoms with Gasteiger partial charge in [-0.2, -0.15) is 0 Å². The van der Waals surface area contributed by atoms with Crippen LogP contribution in [0.1, 0.15) is 23.1 Å². The van der Waals surface area contributed by atoms with Crippen molar-refractivity contribution in [1.82, 2.24) is 9.38 Å². The smallest absolute Gasteiger partial charge is 0.274 e. The van der Waals surface area contributed by atoms with Gasteiger partial charge < -0.3 is 10.1 Å². The lowest BCUT2D eigenvalue weighted by molar-refractivity contribution is 0.102. The predicted octanol–water partition coefficient (Wildman–Crippen LogP) is 3.30. The van der Waals surface area contributed by atoms with Gasteiger partial charge >= 0.3 is 0 Å². The van der Waals surface area contributed by atoms with Gasteiger partial charge in [0, 0.05) is 6.20 Å². The zero-order valence-electron chi connectivity index (χ0n) is 12.8. The van der Waals surface area contributed by atoms with Crippen LogP contribution in [0.2, 0.25) is 0 Å². The van der Waals surface area contributed by atoms with E-state index >= 15 is 0 Å². The molecule has 0 aliphatic rings. The van der Waals surface area contributed by atoms with Crippen LogP contribution in [-0.4, -0.2) is 22.4 Å². The number of aromatic nitrogens is 2. The van der Waals surface area contributed by atoms with Gasteiger partial charge in [-0.3, -0.25) is 9.20 Å². The molecule has 5 nitrogen and oxygen atoms in total. The minimum atomic E-state index is -0.481. The van der Waals surface area contributed by atoms with Gasteiger partial charge in [0.25, 0.3) is 5.91 Å². The summed E-state index contributed by atoms with van der Waals surface area (Å²) in [6.07, 6.45) is 2.31. The number of halogens is 1. The molecule has 3 rings (SSSR count). The Kier molecular flexibility index (Phi) is 3.97. The second-order valence-corrected chi connectivity index (χ2v) is 4.96. The van der Waals surface area contributed by atoms with E-state index in [1.807, 2.05) is 6.92 Å². The van der Waals surface area contributed by atoms with Crippen molar-refractivity contribution in [2.75, 3.05) is 12.4 Å². The number of ether oxygens (including phenoxy) is 1. The monoisotopic (exact) mass is 313 g/mol. The second kappa shape index (κ2) is 6.08. The number of nitrogens with zero attached hydrogens (tertiary/aromatic N) is 2. The Balaban J connectivity index is 2.08. The molecular weight excluding hydrogens is 297 g/mol. The number of aryl methyl sites for hydroxylation is 1. The lowest BCUT2D eigenvalue weighted by atomic mass is 10.2. The van der Waals surface area contributed by atoms with Gasteiger partial charge in [-0.05, 0) is 30.7 Å². The van der Waals surface area contributed by atoms with E-state index in [2.05, 4.69) is 10.3 Å². The molecule has 0 saturated carbocycles. The molecule has 0 atom stereocenters. The zero-order chi connectivity index (χ0) is 16.4. The number of para-hydroxylation sites is 1. The van der Waals surface area contributed by atoms with Crippen molar-refractivity contribution in [2.24, 2.45) is 0 Å². The summed E-state index contributed by atoms with van der Waals surface area (Å²) in [5.41, 5.74) is 1.70. The third-order valence-corrected chi connectivity index (χ3v) is 3.58. The highest BCUT2D eigenvalue weighted by Gasteiger charge is 2.20. The van der Waals surface area contributed by atoms with Crippen LogP contribution in [0.5, 0.6) is 5.75 Å². The summed E-state index contributed by atoms with van der Waals surface area (Å²) in [6.45, 7) is 1.91. The minimum Gasteiger partial charge on any atom is -0.493 e. The maximum atomic E-state index is 13.7. The van der Waals surface area contributed by atoms with Crippen molar-refractivity contribution < 1.29 is 13.9 Å². The molecule has 1 amide bonds. The summed E-state index contributed by atoms with van der Waals surface area (Å²) in [7, 11) is 1.55. The molecule has 0 fully saturated rings. The van der Waals surface area contributed by atoms with E-state index in [-0.39, 0.29) is 5.69 Å². The van der Waals surface area contributed by atoms with Crippen molar-refractivity contribution in [2.45, 2.75) is 13.3 Å². The lowest BCUT2D eigenvalue weighted by Gasteiger charge is -2.08. The van der Waals surface area contributed by atoms with Crippen molar-refractivity contribution in [3.8, 4) is 5.75 Å². The number of pyridine rings is 1. The van der Waals surface area contributed by atoms with Crippen LogP contribution in [0.3, 0.4) is 0 Å². The first kappa shape index (κ1) is 15.0. The Hall–Kier alpha value is -2.89. The largest absolute Gasteiger partial charge is 0.493 e. The maximum Gasteiger partial charge on any atom is 0.274 e. The summed E-state index contributed by atoms with van der Waals surface area (Å²) in [4.78, 5) is 17.1. The van der Waals surface area contributed by atoms with E-state index in [1.54, 1.807) is 42.0 Å². The van der Waals surface area contributed by atoms with Crippen molar-refractivity contribution >= 4 is 17.2 Å². The average molecular weight is 313 g/mol. The highest BCUT2D eigenvalue weighted by molar-refractivity contribution is 6.04. The lowest BCUT2D eigenvalue weighted by Crippen LogP contribution is -2.17. The van der Waals surface area contributed by atoms with Crippen LogP contribution >= 0.6 is 0 Å². The summed E-state index contributed by atoms with van der Waals surface area (Å²) in [5.74, 6) is -0.315. The number of fused-ring (bicyclic) bond motifs is 1. The molecule has 0 aliphatic carbocycles. The van der Waals surface area contributed by atoms with E-state index in [1.165, 1.54) is 12.1 Å². The van der Waals surface area contributed by atoms with Gasteiger partial charge in [-0.15, -0.1) is 0 Å². The van der Waals surface area contributed by atoms with Crippen molar-refractivity contribution in [3.63, 3.8) is 0 Å². The molecule has 1 N–H and O–H groups in total. The van der Waals surface area contributed by atoms with Gasteiger partial charge in [0.2, 0.25) is 0 Å². The third kappa shape index (κ3) is 2.63. The molecule has 1 aromatic carbocycles. The Morgan fingerprint density at radius 1 is 1.30 bits per heavy atom. The van der Waals surface area contributed by atoms with Crippen LogP contribution in [0.25, 0.3) is 5.65 Å². The normalized spacial score (nSPS) is 10.7. The van der Waals surface area contributed by atoms with Gasteiger partial charge in [-0.1, -0.05) is 19.1 Å². The Bertz CT molecular complexity index is 873. The summed E-state index contributed by atoms with van der Waals surface area (Å²) in [5, 5.41) is 2.60. The number of anilines is 1. The highest BCUT2D eigenvalue weighted by atomic mass is 19.1. The van der Waals surface area contributed by atoms with Crippen molar-refractivity contribution in [1.29, 1.82) is 0 Å². The van der Waals surface area contributed by atoms with Crippen molar-refractivity contribution in [3.05, 3.63) is 59.8 Å². The highest BCUT2D eigenvalue weighted by Crippen LogP contribution is 2.23. The predicted molar refractivity (Wildman–Crippen MR) is 85.5 cm³/mol. The van der Waals surface area contributed by atoms with E-state index in [0.717, 1.165) is 0 Å². The third-order valence-electron chi connectivity index (χ3n) is 3.58. The number of amides is 1. The van der Waals surface area contributed by atoms with Crippen LogP contribution < -0.4 is 10.1 Å². The van der Waals surface area contributed by atoms with E-state index in [9.17, 15) is 9.18 Å². The molecule has 0 bridgehead atoms. The quantitative estimate of drug-likeness (QED) is 0.804. The molecular formula is C17H16FN3O2. The summed E-state index contributed by atoms with van der Waals surface area (Å²) >= 11 is 0. The van der Waals surface area contributed by atoms with Crippen LogP contribution in [-0.2, 0) is 6.42 Å². The summed E-state index contributed by atoms with van der Waals surface area (Å²) in [6, 6.07) is 9.60. The molecule has 3 aromatic rings. The molecule has 0 aliphatic heterocycles. The first-order valence-electron chi connectivity index (χ1n) is 7.25. The number of imidazole rings is 1. The van der Waals surface area contributed by atoms with Crippen LogP contribution in [0.4, 0.5) is 10.1 Å². The Morgan fingerprint density at radius 3 is 2.78 bits per heavy atom. The molecule has 0 spiro atoms. The first-order valence-corrected chi connectivity index (χ1v) is 7.25. The van der Waals surface area contributed by atoms with E-state index < -0.39 is 11.7 Å². The zero-order valence-corrected chi connectivity index (χ0v) is 12.8. The van der Waals surface area contributed by atoms with Crippen LogP contribution in [0.15, 0.2) is 42.6 Å². The topological polar surface area (TPSA) is 55.6 Å². The maximum absolute atomic E-state index is 13.7. The minimum absolute atomic E-state index is 0.136. The Morgan fingerprint density at radius 2 is 2.09 bits per heavy atom. The van der Waals surface area contributed by atoms with Gasteiger partial charge in [0.05, 0.1) is 18.5 Å². The molecule has 0 saturated heterocycles. The van der Waals surface area contributed by atoms with Gasteiger partial charge in [0.15, 0.2) is 11.4 Å². The molecule has 118 valence electrons. The molecule has 6 heteroatoms. The molecule has 2 heterocycles. The standard InChI is InChI=1S/C17H16FN3O2/c1-3-12-15(17(22)20-13-8-5-4-7-11(13)18)21-10-6-9-14(23-2)16(21)19-12/h4-10H,3H2,1-2H3,(H,20,22). The van der Waals surface area contributed by atoms with Crippen LogP contribution in [0, 0.1) is 5.82 Å². The SMILES string of the molecule is CCc1nc2c(OC)cccn2c1C(=O)Nc1ccccc1F. The number of carbonyl (C=O) groups is 1. The van der Waals surface area contributed by atoms with E-state index in [4.69, 9.17) is 4.74 Å². The summed E-state index contributed by atoms with van der Waals surface area (Å²) < 4.78 is 20.7. The number of benzene rings is 1. The van der Waals surface area contributed by atoms with Gasteiger partial charge in [0.1, 0.15) is 11.5 Å². The second-order valence-electron chi connectivity index (χ2n) is 4.96. The number of methoxy groups -OCH3 is 1. The molecule has 0 unspecified atom stereocenters. The van der Waals surface area contributed by atoms with E-state index in [0.29, 0.717) is 29.2 Å². The fourth-order valence-corrected chi connectivity index (χ4v) is 2.48. The number of nitrogens with one attached hydrogen (secondary N) is 1. The average Bonchev–Trinajstić information content (AvgIpc) is 2.95. The number of rotatable bonds is 4. The fourth-order valence-electron chi connectivity index (χ4n) is 2.48. The fraction of sp³-hybridized carbons (Fsp3) is 0.176. The molecule has 23 heavy (non-hydrogen) atoms. The van der Waals surface area contributed by atoms with Gasteiger partial charge in [-0.25, -0.2) is 9.37 Å². The first-order chi connectivity index (χ1) is 11.2.